The van der Waals surface area contributed by atoms with E-state index in [1.165, 1.54) is 5.69 Å². The molecule has 102 valence electrons. The van der Waals surface area contributed by atoms with Crippen LogP contribution in [0, 0.1) is 6.92 Å². The van der Waals surface area contributed by atoms with Crippen LogP contribution < -0.4 is 0 Å². The van der Waals surface area contributed by atoms with E-state index in [2.05, 4.69) is 42.5 Å². The van der Waals surface area contributed by atoms with Crippen LogP contribution >= 0.6 is 11.6 Å². The van der Waals surface area contributed by atoms with Gasteiger partial charge in [-0.15, -0.1) is 0 Å². The van der Waals surface area contributed by atoms with Gasteiger partial charge in [0.05, 0.1) is 16.4 Å². The number of fused-ring (bicyclic) bond motifs is 1. The number of rotatable bonds is 3. The Labute approximate surface area is 124 Å². The molecule has 0 aliphatic heterocycles. The highest BCUT2D eigenvalue weighted by atomic mass is 35.5. The Kier molecular flexibility index (Phi) is 3.49. The molecule has 2 aromatic heterocycles. The van der Waals surface area contributed by atoms with Gasteiger partial charge in [-0.3, -0.25) is 0 Å². The van der Waals surface area contributed by atoms with E-state index < -0.39 is 0 Å². The minimum Gasteiger partial charge on any atom is -0.302 e. The maximum atomic E-state index is 6.20. The Bertz CT molecular complexity index is 745. The van der Waals surface area contributed by atoms with E-state index in [-0.39, 0.29) is 0 Å². The molecule has 3 rings (SSSR count). The SMILES string of the molecule is CCCc1c(-c2ccccc2)nc2c(C)cc(Cl)cn12. The van der Waals surface area contributed by atoms with Crippen LogP contribution in [0.5, 0.6) is 0 Å². The van der Waals surface area contributed by atoms with E-state index in [1.807, 2.05) is 18.3 Å². The van der Waals surface area contributed by atoms with Crippen molar-refractivity contribution in [2.75, 3.05) is 0 Å². The van der Waals surface area contributed by atoms with Gasteiger partial charge in [0.1, 0.15) is 5.65 Å². The maximum absolute atomic E-state index is 6.20. The van der Waals surface area contributed by atoms with Gasteiger partial charge in [0, 0.05) is 11.8 Å². The van der Waals surface area contributed by atoms with Crippen molar-refractivity contribution in [3.63, 3.8) is 0 Å². The normalized spacial score (nSPS) is 11.2. The number of pyridine rings is 1. The first-order valence-corrected chi connectivity index (χ1v) is 7.31. The number of aryl methyl sites for hydroxylation is 2. The Hall–Kier alpha value is -1.80. The van der Waals surface area contributed by atoms with Crippen molar-refractivity contribution in [2.24, 2.45) is 0 Å². The van der Waals surface area contributed by atoms with Crippen molar-refractivity contribution in [2.45, 2.75) is 26.7 Å². The zero-order valence-corrected chi connectivity index (χ0v) is 12.5. The van der Waals surface area contributed by atoms with Gasteiger partial charge in [0.15, 0.2) is 0 Å². The van der Waals surface area contributed by atoms with Gasteiger partial charge in [-0.2, -0.15) is 0 Å². The van der Waals surface area contributed by atoms with Gasteiger partial charge in [-0.25, -0.2) is 4.98 Å². The van der Waals surface area contributed by atoms with Crippen LogP contribution in [0.3, 0.4) is 0 Å². The lowest BCUT2D eigenvalue weighted by Crippen LogP contribution is -1.95. The number of imidazole rings is 1. The summed E-state index contributed by atoms with van der Waals surface area (Å²) in [6.07, 6.45) is 4.04. The van der Waals surface area contributed by atoms with Gasteiger partial charge in [0.2, 0.25) is 0 Å². The lowest BCUT2D eigenvalue weighted by atomic mass is 10.1. The van der Waals surface area contributed by atoms with E-state index in [0.717, 1.165) is 40.3 Å². The first-order chi connectivity index (χ1) is 9.70. The highest BCUT2D eigenvalue weighted by molar-refractivity contribution is 6.30. The summed E-state index contributed by atoms with van der Waals surface area (Å²) in [6.45, 7) is 4.24. The number of aromatic nitrogens is 2. The van der Waals surface area contributed by atoms with Crippen LogP contribution in [0.4, 0.5) is 0 Å². The van der Waals surface area contributed by atoms with Crippen LogP contribution in [0.2, 0.25) is 5.02 Å². The summed E-state index contributed by atoms with van der Waals surface area (Å²) in [5.74, 6) is 0. The van der Waals surface area contributed by atoms with E-state index in [1.54, 1.807) is 0 Å². The predicted molar refractivity (Wildman–Crippen MR) is 84.4 cm³/mol. The number of nitrogens with zero attached hydrogens (tertiary/aromatic N) is 2. The largest absolute Gasteiger partial charge is 0.302 e. The fraction of sp³-hybridized carbons (Fsp3) is 0.235. The summed E-state index contributed by atoms with van der Waals surface area (Å²) in [7, 11) is 0. The second-order valence-electron chi connectivity index (χ2n) is 5.06. The standard InChI is InChI=1S/C17H17ClN2/c1-3-7-15-16(13-8-5-4-6-9-13)19-17-12(2)10-14(18)11-20(15)17/h4-6,8-11H,3,7H2,1-2H3. The van der Waals surface area contributed by atoms with Crippen LogP contribution in [0.25, 0.3) is 16.9 Å². The summed E-state index contributed by atoms with van der Waals surface area (Å²) in [5.41, 5.74) is 5.57. The predicted octanol–water partition coefficient (Wildman–Crippen LogP) is 4.92. The maximum Gasteiger partial charge on any atom is 0.140 e. The Morgan fingerprint density at radius 2 is 1.95 bits per heavy atom. The van der Waals surface area contributed by atoms with Gasteiger partial charge < -0.3 is 4.40 Å². The minimum atomic E-state index is 0.754. The molecule has 0 aliphatic rings. The van der Waals surface area contributed by atoms with Crippen molar-refractivity contribution in [1.29, 1.82) is 0 Å². The molecule has 0 bridgehead atoms. The summed E-state index contributed by atoms with van der Waals surface area (Å²) in [6, 6.07) is 12.3. The topological polar surface area (TPSA) is 17.3 Å². The van der Waals surface area contributed by atoms with Crippen LogP contribution in [0.15, 0.2) is 42.6 Å². The molecule has 0 aliphatic carbocycles. The van der Waals surface area contributed by atoms with Crippen molar-refractivity contribution in [3.8, 4) is 11.3 Å². The van der Waals surface area contributed by atoms with Crippen molar-refractivity contribution >= 4 is 17.2 Å². The fourth-order valence-electron chi connectivity index (χ4n) is 2.62. The summed E-state index contributed by atoms with van der Waals surface area (Å²) in [4.78, 5) is 4.85. The average molecular weight is 285 g/mol. The van der Waals surface area contributed by atoms with E-state index in [9.17, 15) is 0 Å². The molecule has 0 fully saturated rings. The first kappa shape index (κ1) is 13.2. The van der Waals surface area contributed by atoms with Gasteiger partial charge in [0.25, 0.3) is 0 Å². The molecule has 0 saturated carbocycles. The average Bonchev–Trinajstić information content (AvgIpc) is 2.80. The third-order valence-corrected chi connectivity index (χ3v) is 3.71. The molecule has 2 heterocycles. The Morgan fingerprint density at radius 1 is 1.20 bits per heavy atom. The molecule has 20 heavy (non-hydrogen) atoms. The second kappa shape index (κ2) is 5.29. The minimum absolute atomic E-state index is 0.754. The van der Waals surface area contributed by atoms with E-state index in [0.29, 0.717) is 0 Å². The second-order valence-corrected chi connectivity index (χ2v) is 5.49. The molecule has 0 atom stereocenters. The molecule has 0 radical (unpaired) electrons. The summed E-state index contributed by atoms with van der Waals surface area (Å²) in [5, 5.41) is 0.754. The lowest BCUT2D eigenvalue weighted by Gasteiger charge is -2.05. The van der Waals surface area contributed by atoms with E-state index in [4.69, 9.17) is 16.6 Å². The molecule has 0 unspecified atom stereocenters. The molecule has 2 nitrogen and oxygen atoms in total. The monoisotopic (exact) mass is 284 g/mol. The highest BCUT2D eigenvalue weighted by Crippen LogP contribution is 2.28. The van der Waals surface area contributed by atoms with Gasteiger partial charge in [-0.05, 0) is 25.0 Å². The lowest BCUT2D eigenvalue weighted by molar-refractivity contribution is 0.869. The zero-order chi connectivity index (χ0) is 14.1. The molecule has 0 amide bonds. The quantitative estimate of drug-likeness (QED) is 0.667. The molecule has 3 heteroatoms. The molecule has 0 saturated heterocycles. The van der Waals surface area contributed by atoms with Crippen LogP contribution in [0.1, 0.15) is 24.6 Å². The van der Waals surface area contributed by atoms with E-state index >= 15 is 0 Å². The van der Waals surface area contributed by atoms with Crippen LogP contribution in [-0.2, 0) is 6.42 Å². The van der Waals surface area contributed by atoms with Crippen molar-refractivity contribution in [3.05, 3.63) is 58.9 Å². The number of halogens is 1. The zero-order valence-electron chi connectivity index (χ0n) is 11.7. The Morgan fingerprint density at radius 3 is 2.65 bits per heavy atom. The fourth-order valence-corrected chi connectivity index (χ4v) is 2.88. The number of hydrogen-bond acceptors (Lipinski definition) is 1. The van der Waals surface area contributed by atoms with Gasteiger partial charge >= 0.3 is 0 Å². The summed E-state index contributed by atoms with van der Waals surface area (Å²) < 4.78 is 2.14. The molecule has 1 aromatic carbocycles. The summed E-state index contributed by atoms with van der Waals surface area (Å²) >= 11 is 6.20. The number of benzene rings is 1. The van der Waals surface area contributed by atoms with Gasteiger partial charge in [-0.1, -0.05) is 55.3 Å². The first-order valence-electron chi connectivity index (χ1n) is 6.93. The molecule has 0 spiro atoms. The van der Waals surface area contributed by atoms with Crippen LogP contribution in [-0.4, -0.2) is 9.38 Å². The Balaban J connectivity index is 2.32. The molecular weight excluding hydrogens is 268 g/mol. The highest BCUT2D eigenvalue weighted by Gasteiger charge is 2.14. The smallest absolute Gasteiger partial charge is 0.140 e. The third-order valence-electron chi connectivity index (χ3n) is 3.50. The van der Waals surface area contributed by atoms with Crippen molar-refractivity contribution < 1.29 is 0 Å². The van der Waals surface area contributed by atoms with Crippen molar-refractivity contribution in [1.82, 2.24) is 9.38 Å². The molecule has 3 aromatic rings. The molecule has 0 N–H and O–H groups in total. The number of hydrogen-bond donors (Lipinski definition) is 0. The third kappa shape index (κ3) is 2.20. The molecular formula is C17H17ClN2.